The third kappa shape index (κ3) is 2.13. The van der Waals surface area contributed by atoms with Crippen LogP contribution in [0.4, 0.5) is 0 Å². The summed E-state index contributed by atoms with van der Waals surface area (Å²) in [6.07, 6.45) is 4.19. The van der Waals surface area contributed by atoms with E-state index in [0.717, 1.165) is 18.4 Å². The van der Waals surface area contributed by atoms with Gasteiger partial charge in [0.25, 0.3) is 0 Å². The molecule has 1 aliphatic carbocycles. The summed E-state index contributed by atoms with van der Waals surface area (Å²) in [5, 5.41) is 3.40. The SMILES string of the molecule is C=CC1=C(C)c2[c-]sc(C(=C)C)c2CC1.[V]. The van der Waals surface area contributed by atoms with E-state index in [1.54, 1.807) is 11.3 Å². The molecule has 0 nitrogen and oxygen atoms in total. The summed E-state index contributed by atoms with van der Waals surface area (Å²) in [5.74, 6) is 0. The van der Waals surface area contributed by atoms with Crippen LogP contribution in [0, 0.1) is 5.38 Å². The predicted octanol–water partition coefficient (Wildman–Crippen LogP) is 4.48. The van der Waals surface area contributed by atoms with Crippen molar-refractivity contribution in [3.63, 3.8) is 0 Å². The van der Waals surface area contributed by atoms with Crippen LogP contribution in [0.5, 0.6) is 0 Å². The Hall–Kier alpha value is -0.496. The summed E-state index contributed by atoms with van der Waals surface area (Å²) in [4.78, 5) is 1.33. The first-order chi connectivity index (χ1) is 7.15. The molecule has 0 unspecified atom stereocenters. The van der Waals surface area contributed by atoms with Crippen molar-refractivity contribution < 1.29 is 18.6 Å². The van der Waals surface area contributed by atoms with Crippen LogP contribution < -0.4 is 0 Å². The standard InChI is InChI=1S/C14H15S.V/c1-5-11-6-7-12-13(10(11)4)8-15-14(12)9(2)3;/h5H,1-2,6-7H2,3-4H3;/q-1;. The quantitative estimate of drug-likeness (QED) is 0.692. The minimum atomic E-state index is 0. The second-order valence-corrected chi connectivity index (χ2v) is 4.84. The molecule has 83 valence electrons. The van der Waals surface area contributed by atoms with Crippen LogP contribution in [0.1, 0.15) is 36.3 Å². The van der Waals surface area contributed by atoms with Crippen molar-refractivity contribution in [1.29, 1.82) is 0 Å². The van der Waals surface area contributed by atoms with Gasteiger partial charge >= 0.3 is 0 Å². The van der Waals surface area contributed by atoms with Gasteiger partial charge in [0, 0.05) is 18.6 Å². The van der Waals surface area contributed by atoms with Crippen LogP contribution in [0.2, 0.25) is 0 Å². The Morgan fingerprint density at radius 3 is 2.69 bits per heavy atom. The van der Waals surface area contributed by atoms with E-state index in [1.807, 2.05) is 6.08 Å². The van der Waals surface area contributed by atoms with E-state index < -0.39 is 0 Å². The number of fused-ring (bicyclic) bond motifs is 1. The van der Waals surface area contributed by atoms with Crippen LogP contribution in [0.3, 0.4) is 0 Å². The van der Waals surface area contributed by atoms with Crippen LogP contribution in [-0.4, -0.2) is 0 Å². The average molecular weight is 266 g/mol. The first kappa shape index (κ1) is 13.6. The Morgan fingerprint density at radius 1 is 1.44 bits per heavy atom. The monoisotopic (exact) mass is 266 g/mol. The summed E-state index contributed by atoms with van der Waals surface area (Å²) in [5.41, 5.74) is 6.60. The van der Waals surface area contributed by atoms with E-state index in [0.29, 0.717) is 0 Å². The molecule has 1 aliphatic rings. The first-order valence-electron chi connectivity index (χ1n) is 5.17. The van der Waals surface area contributed by atoms with Gasteiger partial charge in [0.1, 0.15) is 0 Å². The number of rotatable bonds is 2. The zero-order valence-corrected chi connectivity index (χ0v) is 12.0. The molecule has 0 bridgehead atoms. The Kier molecular flexibility index (Phi) is 4.43. The van der Waals surface area contributed by atoms with E-state index in [-0.39, 0.29) is 18.6 Å². The smallest absolute Gasteiger partial charge is 0 e. The molecule has 0 saturated heterocycles. The van der Waals surface area contributed by atoms with Gasteiger partial charge in [-0.25, -0.2) is 0 Å². The summed E-state index contributed by atoms with van der Waals surface area (Å²) >= 11 is 1.70. The molecule has 16 heavy (non-hydrogen) atoms. The molecule has 0 aromatic carbocycles. The number of hydrogen-bond donors (Lipinski definition) is 0. The van der Waals surface area contributed by atoms with Gasteiger partial charge in [0.05, 0.1) is 0 Å². The maximum absolute atomic E-state index is 4.02. The van der Waals surface area contributed by atoms with Crippen molar-refractivity contribution in [3.8, 4) is 0 Å². The molecular weight excluding hydrogens is 251 g/mol. The summed E-state index contributed by atoms with van der Waals surface area (Å²) in [6.45, 7) is 12.1. The Bertz CT molecular complexity index is 463. The largest absolute Gasteiger partial charge is 0.256 e. The van der Waals surface area contributed by atoms with Crippen LogP contribution in [-0.2, 0) is 25.0 Å². The van der Waals surface area contributed by atoms with Crippen molar-refractivity contribution in [2.75, 3.05) is 0 Å². The third-order valence-corrected chi connectivity index (χ3v) is 4.07. The van der Waals surface area contributed by atoms with Gasteiger partial charge in [-0.05, 0) is 13.3 Å². The van der Waals surface area contributed by atoms with E-state index >= 15 is 0 Å². The van der Waals surface area contributed by atoms with Gasteiger partial charge in [-0.3, -0.25) is 11.3 Å². The zero-order chi connectivity index (χ0) is 11.0. The van der Waals surface area contributed by atoms with E-state index in [9.17, 15) is 0 Å². The maximum Gasteiger partial charge on any atom is 0 e. The Labute approximate surface area is 114 Å². The van der Waals surface area contributed by atoms with Crippen molar-refractivity contribution in [1.82, 2.24) is 0 Å². The molecule has 0 fully saturated rings. The van der Waals surface area contributed by atoms with Gasteiger partial charge in [0.2, 0.25) is 0 Å². The topological polar surface area (TPSA) is 0 Å². The fourth-order valence-electron chi connectivity index (χ4n) is 2.09. The maximum atomic E-state index is 4.02. The molecule has 0 saturated carbocycles. The van der Waals surface area contributed by atoms with Gasteiger partial charge in [-0.15, -0.1) is 23.3 Å². The Morgan fingerprint density at radius 2 is 2.12 bits per heavy atom. The Balaban J connectivity index is 0.00000128. The fraction of sp³-hybridized carbons (Fsp3) is 0.286. The molecule has 0 N–H and O–H groups in total. The van der Waals surface area contributed by atoms with Gasteiger partial charge < -0.3 is 0 Å². The number of allylic oxidation sites excluding steroid dienone is 4. The first-order valence-corrected chi connectivity index (χ1v) is 5.98. The number of thiophene rings is 1. The van der Waals surface area contributed by atoms with Gasteiger partial charge in [-0.2, -0.15) is 0 Å². The molecule has 1 aromatic heterocycles. The molecule has 1 heterocycles. The summed E-state index contributed by atoms with van der Waals surface area (Å²) in [6, 6.07) is 0. The molecule has 2 rings (SSSR count). The van der Waals surface area contributed by atoms with E-state index in [1.165, 1.54) is 27.2 Å². The summed E-state index contributed by atoms with van der Waals surface area (Å²) < 4.78 is 0. The van der Waals surface area contributed by atoms with Crippen LogP contribution in [0.15, 0.2) is 24.8 Å². The van der Waals surface area contributed by atoms with Crippen molar-refractivity contribution in [2.24, 2.45) is 0 Å². The molecule has 0 aliphatic heterocycles. The van der Waals surface area contributed by atoms with Crippen molar-refractivity contribution in [3.05, 3.63) is 46.2 Å². The molecule has 0 atom stereocenters. The molecule has 0 amide bonds. The van der Waals surface area contributed by atoms with Crippen molar-refractivity contribution in [2.45, 2.75) is 26.7 Å². The minimum Gasteiger partial charge on any atom is -0.256 e. The predicted molar refractivity (Wildman–Crippen MR) is 69.0 cm³/mol. The van der Waals surface area contributed by atoms with E-state index in [4.69, 9.17) is 0 Å². The number of hydrogen-bond acceptors (Lipinski definition) is 1. The molecule has 2 heteroatoms. The molecule has 1 radical (unpaired) electrons. The second-order valence-electron chi connectivity index (χ2n) is 4.02. The van der Waals surface area contributed by atoms with Crippen LogP contribution >= 0.6 is 11.3 Å². The summed E-state index contributed by atoms with van der Waals surface area (Å²) in [7, 11) is 0. The fourth-order valence-corrected chi connectivity index (χ4v) is 3.07. The zero-order valence-electron chi connectivity index (χ0n) is 9.76. The molecule has 1 aromatic rings. The second kappa shape index (κ2) is 5.22. The normalized spacial score (nSPS) is 14.1. The van der Waals surface area contributed by atoms with E-state index in [2.05, 4.69) is 32.4 Å². The minimum absolute atomic E-state index is 0. The van der Waals surface area contributed by atoms with Gasteiger partial charge in [0.15, 0.2) is 0 Å². The average Bonchev–Trinajstić information content (AvgIpc) is 2.62. The van der Waals surface area contributed by atoms with Crippen LogP contribution in [0.25, 0.3) is 11.1 Å². The molecule has 0 spiro atoms. The van der Waals surface area contributed by atoms with Gasteiger partial charge in [-0.1, -0.05) is 47.4 Å². The molecular formula is C14H15SV-. The van der Waals surface area contributed by atoms with Crippen molar-refractivity contribution >= 4 is 22.5 Å². The third-order valence-electron chi connectivity index (χ3n) is 2.97.